The molecule has 0 aliphatic carbocycles. The first-order chi connectivity index (χ1) is 11.0. The summed E-state index contributed by atoms with van der Waals surface area (Å²) >= 11 is 0. The van der Waals surface area contributed by atoms with Gasteiger partial charge in [-0.05, 0) is 42.5 Å². The van der Waals surface area contributed by atoms with Crippen molar-refractivity contribution >= 4 is 5.69 Å². The van der Waals surface area contributed by atoms with Crippen LogP contribution in [0.3, 0.4) is 0 Å². The molecule has 3 rings (SSSR count). The molecule has 1 radical (unpaired) electrons. The van der Waals surface area contributed by atoms with Crippen LogP contribution in [-0.2, 0) is 6.18 Å². The van der Waals surface area contributed by atoms with Crippen LogP contribution in [0.25, 0.3) is 0 Å². The highest BCUT2D eigenvalue weighted by atomic mass is 19.4. The highest BCUT2D eigenvalue weighted by Crippen LogP contribution is 2.31. The summed E-state index contributed by atoms with van der Waals surface area (Å²) in [5.74, 6) is 0.491. The minimum absolute atomic E-state index is 0.0401. The average molecular weight is 320 g/mol. The van der Waals surface area contributed by atoms with Gasteiger partial charge in [0.25, 0.3) is 0 Å². The molecule has 0 unspecified atom stereocenters. The molecule has 0 saturated carbocycles. The van der Waals surface area contributed by atoms with Crippen LogP contribution in [0.4, 0.5) is 18.9 Å². The number of nitrogens with zero attached hydrogens (tertiary/aromatic N) is 1. The van der Waals surface area contributed by atoms with Crippen molar-refractivity contribution in [1.82, 2.24) is 0 Å². The molecule has 0 atom stereocenters. The molecule has 1 heterocycles. The van der Waals surface area contributed by atoms with Crippen LogP contribution in [0.5, 0.6) is 5.75 Å². The average Bonchev–Trinajstić information content (AvgIpc) is 2.56. The van der Waals surface area contributed by atoms with Gasteiger partial charge < -0.3 is 9.64 Å². The number of hydrogen-bond acceptors (Lipinski definition) is 2. The van der Waals surface area contributed by atoms with Crippen LogP contribution in [0, 0.1) is 6.07 Å². The van der Waals surface area contributed by atoms with Gasteiger partial charge in [0.1, 0.15) is 11.9 Å². The van der Waals surface area contributed by atoms with E-state index in [1.54, 1.807) is 0 Å². The molecule has 23 heavy (non-hydrogen) atoms. The fourth-order valence-corrected chi connectivity index (χ4v) is 2.74. The summed E-state index contributed by atoms with van der Waals surface area (Å²) in [7, 11) is 0. The summed E-state index contributed by atoms with van der Waals surface area (Å²) in [5, 5.41) is 0. The van der Waals surface area contributed by atoms with Crippen LogP contribution >= 0.6 is 0 Å². The molecule has 0 N–H and O–H groups in total. The van der Waals surface area contributed by atoms with E-state index in [2.05, 4.69) is 11.0 Å². The van der Waals surface area contributed by atoms with Gasteiger partial charge in [-0.25, -0.2) is 0 Å². The quantitative estimate of drug-likeness (QED) is 0.822. The summed E-state index contributed by atoms with van der Waals surface area (Å²) < 4.78 is 43.4. The molecule has 1 aliphatic rings. The van der Waals surface area contributed by atoms with Crippen molar-refractivity contribution in [2.45, 2.75) is 25.1 Å². The lowest BCUT2D eigenvalue weighted by Gasteiger charge is -2.33. The second kappa shape index (κ2) is 6.52. The van der Waals surface area contributed by atoms with E-state index < -0.39 is 11.7 Å². The third-order valence-electron chi connectivity index (χ3n) is 3.99. The molecule has 0 amide bonds. The molecule has 2 aromatic carbocycles. The van der Waals surface area contributed by atoms with E-state index in [1.165, 1.54) is 12.1 Å². The van der Waals surface area contributed by atoms with Gasteiger partial charge in [-0.1, -0.05) is 12.1 Å². The van der Waals surface area contributed by atoms with E-state index in [4.69, 9.17) is 4.74 Å². The van der Waals surface area contributed by atoms with Crippen molar-refractivity contribution in [2.75, 3.05) is 18.0 Å². The van der Waals surface area contributed by atoms with Crippen LogP contribution in [0.15, 0.2) is 48.5 Å². The van der Waals surface area contributed by atoms with Gasteiger partial charge in [0.15, 0.2) is 0 Å². The zero-order valence-electron chi connectivity index (χ0n) is 12.5. The number of halogens is 3. The normalized spacial score (nSPS) is 16.4. The third kappa shape index (κ3) is 3.97. The zero-order valence-corrected chi connectivity index (χ0v) is 12.5. The lowest BCUT2D eigenvalue weighted by Crippen LogP contribution is -2.38. The van der Waals surface area contributed by atoms with Gasteiger partial charge in [0.2, 0.25) is 0 Å². The Bertz CT molecular complexity index is 617. The number of benzene rings is 2. The van der Waals surface area contributed by atoms with Crippen molar-refractivity contribution < 1.29 is 17.9 Å². The molecule has 2 nitrogen and oxygen atoms in total. The van der Waals surface area contributed by atoms with Crippen molar-refractivity contribution in [1.29, 1.82) is 0 Å². The van der Waals surface area contributed by atoms with Crippen molar-refractivity contribution in [3.8, 4) is 5.75 Å². The van der Waals surface area contributed by atoms with Gasteiger partial charge in [0, 0.05) is 31.6 Å². The lowest BCUT2D eigenvalue weighted by molar-refractivity contribution is -0.137. The predicted octanol–water partition coefficient (Wildman–Crippen LogP) is 4.55. The topological polar surface area (TPSA) is 12.5 Å². The van der Waals surface area contributed by atoms with Crippen LogP contribution in [0.2, 0.25) is 0 Å². The van der Waals surface area contributed by atoms with Crippen molar-refractivity contribution in [3.63, 3.8) is 0 Å². The van der Waals surface area contributed by atoms with E-state index in [0.29, 0.717) is 5.75 Å². The smallest absolute Gasteiger partial charge is 0.416 e. The monoisotopic (exact) mass is 320 g/mol. The van der Waals surface area contributed by atoms with Gasteiger partial charge in [-0.2, -0.15) is 13.2 Å². The molecular formula is C18H17F3NO. The molecule has 1 aliphatic heterocycles. The summed E-state index contributed by atoms with van der Waals surface area (Å²) in [6, 6.07) is 15.7. The molecular weight excluding hydrogens is 303 g/mol. The maximum atomic E-state index is 12.5. The maximum absolute atomic E-state index is 12.5. The Labute approximate surface area is 133 Å². The fourth-order valence-electron chi connectivity index (χ4n) is 2.74. The minimum atomic E-state index is -4.31. The molecule has 1 saturated heterocycles. The lowest BCUT2D eigenvalue weighted by atomic mass is 10.1. The van der Waals surface area contributed by atoms with E-state index in [-0.39, 0.29) is 6.10 Å². The molecule has 121 valence electrons. The summed E-state index contributed by atoms with van der Waals surface area (Å²) in [6.45, 7) is 1.74. The van der Waals surface area contributed by atoms with Crippen molar-refractivity contribution in [3.05, 3.63) is 60.2 Å². The van der Waals surface area contributed by atoms with E-state index in [9.17, 15) is 13.2 Å². The SMILES string of the molecule is FC(F)(F)c1ccc(OC2CCN(c3cc[c]cc3)CC2)cc1. The number of ether oxygens (including phenoxy) is 1. The number of anilines is 1. The van der Waals surface area contributed by atoms with Crippen LogP contribution in [-0.4, -0.2) is 19.2 Å². The highest BCUT2D eigenvalue weighted by molar-refractivity contribution is 5.46. The van der Waals surface area contributed by atoms with Crippen LogP contribution in [0.1, 0.15) is 18.4 Å². The van der Waals surface area contributed by atoms with Gasteiger partial charge >= 0.3 is 6.18 Å². The first kappa shape index (κ1) is 15.7. The van der Waals surface area contributed by atoms with Gasteiger partial charge in [-0.3, -0.25) is 0 Å². The second-order valence-electron chi connectivity index (χ2n) is 5.58. The number of alkyl halides is 3. The number of rotatable bonds is 3. The van der Waals surface area contributed by atoms with Crippen molar-refractivity contribution in [2.24, 2.45) is 0 Å². The Morgan fingerprint density at radius 2 is 1.57 bits per heavy atom. The molecule has 0 bridgehead atoms. The Balaban J connectivity index is 1.55. The van der Waals surface area contributed by atoms with E-state index >= 15 is 0 Å². The predicted molar refractivity (Wildman–Crippen MR) is 82.6 cm³/mol. The standard InChI is InChI=1S/C18H17F3NO/c19-18(20,21)14-6-8-16(9-7-14)23-17-10-12-22(13-11-17)15-4-2-1-3-5-15/h2-9,17H,10-13H2. The summed E-state index contributed by atoms with van der Waals surface area (Å²) in [4.78, 5) is 2.28. The highest BCUT2D eigenvalue weighted by Gasteiger charge is 2.30. The zero-order chi connectivity index (χ0) is 16.3. The van der Waals surface area contributed by atoms with E-state index in [1.807, 2.05) is 24.3 Å². The Hall–Kier alpha value is -2.17. The molecule has 1 fully saturated rings. The third-order valence-corrected chi connectivity index (χ3v) is 3.99. The number of piperidine rings is 1. The molecule has 0 spiro atoms. The Morgan fingerprint density at radius 3 is 2.13 bits per heavy atom. The molecule has 2 aromatic rings. The fraction of sp³-hybridized carbons (Fsp3) is 0.333. The second-order valence-corrected chi connectivity index (χ2v) is 5.58. The first-order valence-electron chi connectivity index (χ1n) is 7.57. The largest absolute Gasteiger partial charge is 0.490 e. The van der Waals surface area contributed by atoms with E-state index in [0.717, 1.165) is 43.8 Å². The minimum Gasteiger partial charge on any atom is -0.490 e. The molecule has 0 aromatic heterocycles. The van der Waals surface area contributed by atoms with Crippen LogP contribution < -0.4 is 9.64 Å². The van der Waals surface area contributed by atoms with Gasteiger partial charge in [-0.15, -0.1) is 0 Å². The Kier molecular flexibility index (Phi) is 4.46. The number of hydrogen-bond donors (Lipinski definition) is 0. The maximum Gasteiger partial charge on any atom is 0.416 e. The summed E-state index contributed by atoms with van der Waals surface area (Å²) in [6.07, 6.45) is -2.57. The first-order valence-corrected chi connectivity index (χ1v) is 7.57. The van der Waals surface area contributed by atoms with Gasteiger partial charge in [0.05, 0.1) is 5.56 Å². The Morgan fingerprint density at radius 1 is 0.957 bits per heavy atom. The summed E-state index contributed by atoms with van der Waals surface area (Å²) in [5.41, 5.74) is 0.511. The molecule has 5 heteroatoms.